The lowest BCUT2D eigenvalue weighted by atomic mass is 10.3. The van der Waals surface area contributed by atoms with Crippen molar-refractivity contribution in [3.05, 3.63) is 11.2 Å². The molecule has 0 aliphatic heterocycles. The van der Waals surface area contributed by atoms with Crippen LogP contribution in [0.4, 0.5) is 5.82 Å². The molecule has 0 saturated heterocycles. The van der Waals surface area contributed by atoms with Gasteiger partial charge in [0.2, 0.25) is 5.91 Å². The van der Waals surface area contributed by atoms with E-state index in [2.05, 4.69) is 20.6 Å². The molecular formula is C11H17ClN4O2. The van der Waals surface area contributed by atoms with E-state index < -0.39 is 6.04 Å². The lowest BCUT2D eigenvalue weighted by molar-refractivity contribution is -0.121. The summed E-state index contributed by atoms with van der Waals surface area (Å²) < 4.78 is 4.90. The predicted octanol–water partition coefficient (Wildman–Crippen LogP) is 1.47. The van der Waals surface area contributed by atoms with Crippen molar-refractivity contribution in [3.8, 4) is 6.01 Å². The number of carbonyl (C=O) groups is 1. The van der Waals surface area contributed by atoms with Crippen molar-refractivity contribution in [3.63, 3.8) is 0 Å². The zero-order valence-electron chi connectivity index (χ0n) is 10.7. The van der Waals surface area contributed by atoms with Gasteiger partial charge in [-0.05, 0) is 13.3 Å². The third kappa shape index (κ3) is 4.03. The Bertz CT molecular complexity index is 414. The Morgan fingerprint density at radius 3 is 2.94 bits per heavy atom. The summed E-state index contributed by atoms with van der Waals surface area (Å²) in [6, 6.07) is -0.239. The first-order valence-electron chi connectivity index (χ1n) is 5.69. The molecule has 100 valence electrons. The summed E-state index contributed by atoms with van der Waals surface area (Å²) in [5.41, 5.74) is 0. The first kappa shape index (κ1) is 14.5. The van der Waals surface area contributed by atoms with Gasteiger partial charge in [0.1, 0.15) is 11.1 Å². The van der Waals surface area contributed by atoms with E-state index in [0.29, 0.717) is 17.4 Å². The van der Waals surface area contributed by atoms with E-state index in [1.807, 2.05) is 6.92 Å². The van der Waals surface area contributed by atoms with Gasteiger partial charge in [0.05, 0.1) is 13.3 Å². The second kappa shape index (κ2) is 7.00. The molecule has 6 nitrogen and oxygen atoms in total. The molecule has 0 aliphatic rings. The number of hydrogen-bond donors (Lipinski definition) is 2. The number of halogens is 1. The number of ether oxygens (including phenoxy) is 1. The summed E-state index contributed by atoms with van der Waals surface area (Å²) in [5.74, 6) is 0.271. The van der Waals surface area contributed by atoms with Crippen LogP contribution in [0.2, 0.25) is 5.02 Å². The highest BCUT2D eigenvalue weighted by Gasteiger charge is 2.15. The van der Waals surface area contributed by atoms with Crippen molar-refractivity contribution in [1.29, 1.82) is 0 Å². The average molecular weight is 273 g/mol. The van der Waals surface area contributed by atoms with Gasteiger partial charge in [-0.2, -0.15) is 4.98 Å². The molecule has 7 heteroatoms. The topological polar surface area (TPSA) is 76.1 Å². The predicted molar refractivity (Wildman–Crippen MR) is 70.0 cm³/mol. The number of carbonyl (C=O) groups excluding carboxylic acids is 1. The van der Waals surface area contributed by atoms with Gasteiger partial charge in [0.15, 0.2) is 5.82 Å². The minimum atomic E-state index is -0.436. The van der Waals surface area contributed by atoms with Crippen LogP contribution in [-0.2, 0) is 4.79 Å². The zero-order valence-corrected chi connectivity index (χ0v) is 11.4. The number of nitrogens with one attached hydrogen (secondary N) is 2. The quantitative estimate of drug-likeness (QED) is 0.820. The van der Waals surface area contributed by atoms with Gasteiger partial charge in [0, 0.05) is 6.54 Å². The highest BCUT2D eigenvalue weighted by Crippen LogP contribution is 2.20. The SMILES string of the molecule is CCCNC(=O)C(C)Nc1nc(OC)ncc1Cl. The molecule has 1 rings (SSSR count). The Labute approximate surface area is 111 Å². The zero-order chi connectivity index (χ0) is 13.5. The molecule has 1 unspecified atom stereocenters. The molecule has 0 fully saturated rings. The Morgan fingerprint density at radius 2 is 2.33 bits per heavy atom. The number of aromatic nitrogens is 2. The van der Waals surface area contributed by atoms with E-state index in [1.54, 1.807) is 6.92 Å². The molecule has 1 aromatic rings. The Morgan fingerprint density at radius 1 is 1.61 bits per heavy atom. The Balaban J connectivity index is 2.68. The van der Waals surface area contributed by atoms with Crippen LogP contribution in [0.1, 0.15) is 20.3 Å². The number of methoxy groups -OCH3 is 1. The number of hydrogen-bond acceptors (Lipinski definition) is 5. The average Bonchev–Trinajstić information content (AvgIpc) is 2.38. The molecule has 0 aromatic carbocycles. The largest absolute Gasteiger partial charge is 0.467 e. The standard InChI is InChI=1S/C11H17ClN4O2/c1-4-5-13-10(17)7(2)15-9-8(12)6-14-11(16-9)18-3/h6-7H,4-5H2,1-3H3,(H,13,17)(H,14,15,16). The third-order valence-corrected chi connectivity index (χ3v) is 2.48. The number of amides is 1. The fourth-order valence-electron chi connectivity index (χ4n) is 1.22. The van der Waals surface area contributed by atoms with E-state index in [1.165, 1.54) is 13.3 Å². The van der Waals surface area contributed by atoms with Crippen molar-refractivity contribution < 1.29 is 9.53 Å². The minimum Gasteiger partial charge on any atom is -0.467 e. The summed E-state index contributed by atoms with van der Waals surface area (Å²) >= 11 is 5.93. The fourth-order valence-corrected chi connectivity index (χ4v) is 1.37. The van der Waals surface area contributed by atoms with Gasteiger partial charge in [-0.1, -0.05) is 18.5 Å². The van der Waals surface area contributed by atoms with Gasteiger partial charge < -0.3 is 15.4 Å². The monoisotopic (exact) mass is 272 g/mol. The fraction of sp³-hybridized carbons (Fsp3) is 0.545. The van der Waals surface area contributed by atoms with Crippen molar-refractivity contribution in [2.45, 2.75) is 26.3 Å². The van der Waals surface area contributed by atoms with Crippen LogP contribution < -0.4 is 15.4 Å². The first-order valence-corrected chi connectivity index (χ1v) is 6.07. The molecule has 1 heterocycles. The molecule has 1 aromatic heterocycles. The molecular weight excluding hydrogens is 256 g/mol. The molecule has 1 amide bonds. The second-order valence-corrected chi connectivity index (χ2v) is 4.12. The van der Waals surface area contributed by atoms with Crippen molar-refractivity contribution in [2.75, 3.05) is 19.0 Å². The summed E-state index contributed by atoms with van der Waals surface area (Å²) in [4.78, 5) is 19.6. The Hall–Kier alpha value is -1.56. The van der Waals surface area contributed by atoms with Gasteiger partial charge >= 0.3 is 6.01 Å². The van der Waals surface area contributed by atoms with Gasteiger partial charge in [-0.25, -0.2) is 4.98 Å². The molecule has 2 N–H and O–H groups in total. The summed E-state index contributed by atoms with van der Waals surface area (Å²) in [6.45, 7) is 4.37. The van der Waals surface area contributed by atoms with Gasteiger partial charge in [0.25, 0.3) is 0 Å². The highest BCUT2D eigenvalue weighted by atomic mass is 35.5. The maximum Gasteiger partial charge on any atom is 0.318 e. The second-order valence-electron chi connectivity index (χ2n) is 3.71. The molecule has 0 spiro atoms. The third-order valence-electron chi connectivity index (χ3n) is 2.20. The van der Waals surface area contributed by atoms with E-state index >= 15 is 0 Å². The van der Waals surface area contributed by atoms with Crippen LogP contribution in [0.5, 0.6) is 6.01 Å². The van der Waals surface area contributed by atoms with E-state index in [-0.39, 0.29) is 11.9 Å². The molecule has 18 heavy (non-hydrogen) atoms. The number of nitrogens with zero attached hydrogens (tertiary/aromatic N) is 2. The van der Waals surface area contributed by atoms with Crippen molar-refractivity contribution in [2.24, 2.45) is 0 Å². The maximum absolute atomic E-state index is 11.7. The van der Waals surface area contributed by atoms with E-state index in [0.717, 1.165) is 6.42 Å². The minimum absolute atomic E-state index is 0.106. The normalized spacial score (nSPS) is 11.8. The van der Waals surface area contributed by atoms with Crippen LogP contribution in [0.3, 0.4) is 0 Å². The summed E-state index contributed by atoms with van der Waals surface area (Å²) in [5, 5.41) is 6.04. The lowest BCUT2D eigenvalue weighted by Crippen LogP contribution is -2.38. The number of rotatable bonds is 6. The maximum atomic E-state index is 11.7. The Kier molecular flexibility index (Phi) is 5.64. The number of anilines is 1. The molecule has 0 bridgehead atoms. The van der Waals surface area contributed by atoms with Crippen LogP contribution in [-0.4, -0.2) is 35.6 Å². The molecule has 0 saturated carbocycles. The van der Waals surface area contributed by atoms with E-state index in [9.17, 15) is 4.79 Å². The van der Waals surface area contributed by atoms with Crippen LogP contribution >= 0.6 is 11.6 Å². The summed E-state index contributed by atoms with van der Waals surface area (Å²) in [6.07, 6.45) is 2.31. The van der Waals surface area contributed by atoms with E-state index in [4.69, 9.17) is 16.3 Å². The lowest BCUT2D eigenvalue weighted by Gasteiger charge is -2.15. The first-order chi connectivity index (χ1) is 8.58. The highest BCUT2D eigenvalue weighted by molar-refractivity contribution is 6.32. The molecule has 0 radical (unpaired) electrons. The van der Waals surface area contributed by atoms with Crippen LogP contribution in [0.15, 0.2) is 6.20 Å². The molecule has 1 atom stereocenters. The van der Waals surface area contributed by atoms with Crippen molar-refractivity contribution >= 4 is 23.3 Å². The van der Waals surface area contributed by atoms with Crippen LogP contribution in [0, 0.1) is 0 Å². The van der Waals surface area contributed by atoms with Crippen LogP contribution in [0.25, 0.3) is 0 Å². The summed E-state index contributed by atoms with van der Waals surface area (Å²) in [7, 11) is 1.46. The van der Waals surface area contributed by atoms with Crippen molar-refractivity contribution in [1.82, 2.24) is 15.3 Å². The van der Waals surface area contributed by atoms with Gasteiger partial charge in [-0.15, -0.1) is 0 Å². The van der Waals surface area contributed by atoms with Gasteiger partial charge in [-0.3, -0.25) is 4.79 Å². The smallest absolute Gasteiger partial charge is 0.318 e. The molecule has 0 aliphatic carbocycles.